The van der Waals surface area contributed by atoms with Gasteiger partial charge in [0.2, 0.25) is 0 Å². The second-order valence-corrected chi connectivity index (χ2v) is 6.79. The van der Waals surface area contributed by atoms with Crippen molar-refractivity contribution >= 4 is 5.97 Å². The summed E-state index contributed by atoms with van der Waals surface area (Å²) in [6.45, 7) is 2.53. The summed E-state index contributed by atoms with van der Waals surface area (Å²) in [5.74, 6) is -1.40. The van der Waals surface area contributed by atoms with E-state index in [-0.39, 0.29) is 0 Å². The van der Waals surface area contributed by atoms with E-state index in [9.17, 15) is 20.1 Å². The van der Waals surface area contributed by atoms with Gasteiger partial charge in [0.1, 0.15) is 18.3 Å². The van der Waals surface area contributed by atoms with Crippen molar-refractivity contribution in [1.29, 1.82) is 0 Å². The number of aliphatic carboxylic acids is 1. The van der Waals surface area contributed by atoms with E-state index >= 15 is 0 Å². The molecule has 0 aromatic rings. The summed E-state index contributed by atoms with van der Waals surface area (Å²) in [5, 5.41) is 38.0. The van der Waals surface area contributed by atoms with Gasteiger partial charge in [0.25, 0.3) is 0 Å². The zero-order valence-electron chi connectivity index (χ0n) is 15.2. The van der Waals surface area contributed by atoms with Crippen LogP contribution < -0.4 is 0 Å². The lowest BCUT2D eigenvalue weighted by atomic mass is 9.99. The fourth-order valence-electron chi connectivity index (χ4n) is 2.98. The molecule has 0 unspecified atom stereocenters. The number of aliphatic hydroxyl groups is 3. The molecule has 0 aromatic heterocycles. The van der Waals surface area contributed by atoms with Crippen molar-refractivity contribution in [3.63, 3.8) is 0 Å². The molecule has 1 aliphatic heterocycles. The molecule has 1 heterocycles. The van der Waals surface area contributed by atoms with Crippen LogP contribution in [-0.4, -0.2) is 63.7 Å². The molecule has 1 fully saturated rings. The third-order valence-electron chi connectivity index (χ3n) is 4.59. The molecule has 0 aliphatic carbocycles. The Balaban J connectivity index is 2.10. The highest BCUT2D eigenvalue weighted by molar-refractivity contribution is 5.73. The Bertz CT molecular complexity index is 363. The Morgan fingerprint density at radius 1 is 0.840 bits per heavy atom. The van der Waals surface area contributed by atoms with Crippen molar-refractivity contribution < 1.29 is 34.7 Å². The number of ether oxygens (including phenoxy) is 2. The molecule has 148 valence electrons. The van der Waals surface area contributed by atoms with E-state index in [1.807, 2.05) is 0 Å². The van der Waals surface area contributed by atoms with Crippen LogP contribution in [0.2, 0.25) is 0 Å². The molecule has 1 saturated heterocycles. The first kappa shape index (κ1) is 22.3. The van der Waals surface area contributed by atoms with Crippen molar-refractivity contribution in [2.45, 2.75) is 102 Å². The van der Waals surface area contributed by atoms with Crippen LogP contribution in [0, 0.1) is 0 Å². The van der Waals surface area contributed by atoms with E-state index in [0.29, 0.717) is 6.61 Å². The summed E-state index contributed by atoms with van der Waals surface area (Å²) in [6.07, 6.45) is 4.26. The van der Waals surface area contributed by atoms with Gasteiger partial charge in [-0.3, -0.25) is 0 Å². The van der Waals surface area contributed by atoms with E-state index in [2.05, 4.69) is 6.92 Å². The number of aliphatic hydroxyl groups excluding tert-OH is 3. The molecular weight excluding hydrogens is 328 g/mol. The Kier molecular flexibility index (Phi) is 11.2. The zero-order valence-corrected chi connectivity index (χ0v) is 15.2. The second kappa shape index (κ2) is 12.6. The monoisotopic (exact) mass is 362 g/mol. The molecule has 0 radical (unpaired) electrons. The molecule has 0 saturated carbocycles. The van der Waals surface area contributed by atoms with E-state index in [4.69, 9.17) is 14.6 Å². The van der Waals surface area contributed by atoms with Crippen LogP contribution in [0.1, 0.15) is 71.1 Å². The van der Waals surface area contributed by atoms with Crippen molar-refractivity contribution in [1.82, 2.24) is 0 Å². The summed E-state index contributed by atoms with van der Waals surface area (Å²) >= 11 is 0. The van der Waals surface area contributed by atoms with Gasteiger partial charge in [-0.2, -0.15) is 0 Å². The minimum absolute atomic E-state index is 0.313. The number of carboxylic acids is 1. The number of carbonyl (C=O) groups is 1. The summed E-state index contributed by atoms with van der Waals surface area (Å²) in [4.78, 5) is 11.0. The highest BCUT2D eigenvalue weighted by Gasteiger charge is 2.47. The minimum atomic E-state index is -1.68. The number of hydrogen-bond donors (Lipinski definition) is 4. The molecule has 0 aromatic carbocycles. The number of hydrogen-bond acceptors (Lipinski definition) is 6. The summed E-state index contributed by atoms with van der Waals surface area (Å²) in [5.41, 5.74) is 0. The molecule has 1 rings (SSSR count). The first-order valence-electron chi connectivity index (χ1n) is 9.53. The molecule has 7 nitrogen and oxygen atoms in total. The van der Waals surface area contributed by atoms with Gasteiger partial charge < -0.3 is 29.9 Å². The SMILES string of the molecule is CCCCCCCCCCCCO[C@H]1O[C@H](C(=O)O)[C@@H](O)[C@H](O)[C@@H]1O. The van der Waals surface area contributed by atoms with Gasteiger partial charge in [0.15, 0.2) is 12.4 Å². The standard InChI is InChI=1S/C18H34O7/c1-2-3-4-5-6-7-8-9-10-11-12-24-18-15(21)13(19)14(20)16(25-18)17(22)23/h13-16,18-21H,2-12H2,1H3,(H,22,23)/t13-,14-,15-,16-,18-/m0/s1. The average molecular weight is 362 g/mol. The van der Waals surface area contributed by atoms with E-state index in [1.54, 1.807) is 0 Å². The first-order valence-corrected chi connectivity index (χ1v) is 9.53. The van der Waals surface area contributed by atoms with Gasteiger partial charge in [-0.1, -0.05) is 64.7 Å². The van der Waals surface area contributed by atoms with E-state index in [0.717, 1.165) is 19.3 Å². The zero-order chi connectivity index (χ0) is 18.7. The highest BCUT2D eigenvalue weighted by Crippen LogP contribution is 2.22. The van der Waals surface area contributed by atoms with Gasteiger partial charge in [-0.05, 0) is 6.42 Å². The minimum Gasteiger partial charge on any atom is -0.479 e. The number of unbranched alkanes of at least 4 members (excludes halogenated alkanes) is 9. The highest BCUT2D eigenvalue weighted by atomic mass is 16.7. The lowest BCUT2D eigenvalue weighted by molar-refractivity contribution is -0.294. The van der Waals surface area contributed by atoms with Crippen LogP contribution in [0.4, 0.5) is 0 Å². The Morgan fingerprint density at radius 2 is 1.36 bits per heavy atom. The molecule has 0 spiro atoms. The third kappa shape index (κ3) is 8.00. The lowest BCUT2D eigenvalue weighted by Crippen LogP contribution is -2.60. The normalized spacial score (nSPS) is 29.7. The maximum absolute atomic E-state index is 11.0. The predicted octanol–water partition coefficient (Wildman–Crippen LogP) is 1.82. The van der Waals surface area contributed by atoms with Crippen molar-refractivity contribution in [2.75, 3.05) is 6.61 Å². The molecule has 5 atom stereocenters. The van der Waals surface area contributed by atoms with E-state index < -0.39 is 36.7 Å². The summed E-state index contributed by atoms with van der Waals surface area (Å²) in [6, 6.07) is 0. The summed E-state index contributed by atoms with van der Waals surface area (Å²) < 4.78 is 10.4. The van der Waals surface area contributed by atoms with Gasteiger partial charge in [0, 0.05) is 6.61 Å². The number of carboxylic acid groups (broad SMARTS) is 1. The maximum atomic E-state index is 11.0. The molecule has 1 aliphatic rings. The van der Waals surface area contributed by atoms with Crippen LogP contribution in [0.5, 0.6) is 0 Å². The van der Waals surface area contributed by atoms with Gasteiger partial charge in [-0.25, -0.2) is 4.79 Å². The quantitative estimate of drug-likeness (QED) is 0.369. The third-order valence-corrected chi connectivity index (χ3v) is 4.59. The smallest absolute Gasteiger partial charge is 0.335 e. The van der Waals surface area contributed by atoms with Crippen LogP contribution >= 0.6 is 0 Å². The van der Waals surface area contributed by atoms with Crippen molar-refractivity contribution in [3.05, 3.63) is 0 Å². The molecule has 25 heavy (non-hydrogen) atoms. The fourth-order valence-corrected chi connectivity index (χ4v) is 2.98. The Labute approximate surface area is 150 Å². The molecular formula is C18H34O7. The molecule has 0 amide bonds. The van der Waals surface area contributed by atoms with Crippen LogP contribution in [0.3, 0.4) is 0 Å². The lowest BCUT2D eigenvalue weighted by Gasteiger charge is -2.38. The van der Waals surface area contributed by atoms with Gasteiger partial charge >= 0.3 is 5.97 Å². The second-order valence-electron chi connectivity index (χ2n) is 6.79. The number of rotatable bonds is 13. The molecule has 4 N–H and O–H groups in total. The Morgan fingerprint density at radius 3 is 1.88 bits per heavy atom. The van der Waals surface area contributed by atoms with Crippen molar-refractivity contribution in [3.8, 4) is 0 Å². The van der Waals surface area contributed by atoms with Gasteiger partial charge in [0.05, 0.1) is 0 Å². The average Bonchev–Trinajstić information content (AvgIpc) is 2.59. The van der Waals surface area contributed by atoms with Crippen LogP contribution in [0.15, 0.2) is 0 Å². The Hall–Kier alpha value is -0.730. The fraction of sp³-hybridized carbons (Fsp3) is 0.944. The van der Waals surface area contributed by atoms with Gasteiger partial charge in [-0.15, -0.1) is 0 Å². The van der Waals surface area contributed by atoms with Crippen LogP contribution in [0.25, 0.3) is 0 Å². The summed E-state index contributed by atoms with van der Waals surface area (Å²) in [7, 11) is 0. The molecule has 7 heteroatoms. The van der Waals surface area contributed by atoms with Crippen LogP contribution in [-0.2, 0) is 14.3 Å². The van der Waals surface area contributed by atoms with E-state index in [1.165, 1.54) is 44.9 Å². The first-order chi connectivity index (χ1) is 12.0. The molecule has 0 bridgehead atoms. The predicted molar refractivity (Wildman–Crippen MR) is 92.1 cm³/mol. The largest absolute Gasteiger partial charge is 0.479 e. The maximum Gasteiger partial charge on any atom is 0.335 e. The topological polar surface area (TPSA) is 116 Å². The van der Waals surface area contributed by atoms with Crippen molar-refractivity contribution in [2.24, 2.45) is 0 Å².